The Morgan fingerprint density at radius 2 is 1.89 bits per heavy atom. The second-order valence-electron chi connectivity index (χ2n) is 9.65. The zero-order chi connectivity index (χ0) is 25.9. The van der Waals surface area contributed by atoms with Crippen molar-refractivity contribution in [3.63, 3.8) is 0 Å². The van der Waals surface area contributed by atoms with Crippen LogP contribution in [0.25, 0.3) is 11.1 Å². The molecule has 3 aromatic rings. The van der Waals surface area contributed by atoms with Crippen molar-refractivity contribution in [2.75, 3.05) is 13.7 Å². The van der Waals surface area contributed by atoms with Crippen molar-refractivity contribution < 1.29 is 24.5 Å². The highest BCUT2D eigenvalue weighted by molar-refractivity contribution is 5.74. The van der Waals surface area contributed by atoms with E-state index in [0.717, 1.165) is 58.4 Å². The fourth-order valence-corrected chi connectivity index (χ4v) is 5.66. The van der Waals surface area contributed by atoms with Gasteiger partial charge in [-0.1, -0.05) is 48.5 Å². The van der Waals surface area contributed by atoms with Gasteiger partial charge in [-0.05, 0) is 41.5 Å². The van der Waals surface area contributed by atoms with Crippen LogP contribution < -0.4 is 9.47 Å². The minimum Gasteiger partial charge on any atom is -0.496 e. The van der Waals surface area contributed by atoms with E-state index in [0.29, 0.717) is 24.4 Å². The first-order valence-electron chi connectivity index (χ1n) is 12.6. The number of carbonyl (C=O) groups is 1. The first-order chi connectivity index (χ1) is 18.0. The molecule has 37 heavy (non-hydrogen) atoms. The van der Waals surface area contributed by atoms with Crippen LogP contribution in [0.1, 0.15) is 40.7 Å². The van der Waals surface area contributed by atoms with E-state index in [4.69, 9.17) is 9.47 Å². The molecule has 1 saturated heterocycles. The van der Waals surface area contributed by atoms with Crippen LogP contribution in [0.15, 0.2) is 54.6 Å². The Hall–Kier alpha value is -3.86. The number of likely N-dealkylation sites (tertiary alicyclic amines) is 1. The highest BCUT2D eigenvalue weighted by Crippen LogP contribution is 2.41. The number of aliphatic hydroxyl groups excluding tert-OH is 1. The Morgan fingerprint density at radius 1 is 1.11 bits per heavy atom. The number of β-amino-alcohol motifs (C(OH)–C–C–N with tert-alkyl or cyclic N) is 1. The van der Waals surface area contributed by atoms with Crippen LogP contribution in [-0.4, -0.2) is 46.9 Å². The molecule has 1 aliphatic heterocycles. The van der Waals surface area contributed by atoms with Crippen molar-refractivity contribution in [3.05, 3.63) is 82.4 Å². The van der Waals surface area contributed by atoms with Gasteiger partial charge >= 0.3 is 5.97 Å². The quantitative estimate of drug-likeness (QED) is 0.477. The molecule has 7 heteroatoms. The van der Waals surface area contributed by atoms with Crippen molar-refractivity contribution in [1.29, 1.82) is 5.26 Å². The van der Waals surface area contributed by atoms with E-state index in [-0.39, 0.29) is 13.0 Å². The molecule has 0 bridgehead atoms. The fourth-order valence-electron chi connectivity index (χ4n) is 5.66. The molecule has 1 heterocycles. The van der Waals surface area contributed by atoms with Crippen LogP contribution >= 0.6 is 0 Å². The summed E-state index contributed by atoms with van der Waals surface area (Å²) in [6, 6.07) is 19.2. The number of hydrogen-bond donors (Lipinski definition) is 2. The third-order valence-corrected chi connectivity index (χ3v) is 7.42. The van der Waals surface area contributed by atoms with Crippen LogP contribution in [0, 0.1) is 11.3 Å². The molecule has 3 aromatic carbocycles. The number of rotatable bonds is 8. The van der Waals surface area contributed by atoms with Gasteiger partial charge in [-0.15, -0.1) is 0 Å². The van der Waals surface area contributed by atoms with E-state index in [1.54, 1.807) is 7.11 Å². The molecule has 2 N–H and O–H groups in total. The molecule has 1 fully saturated rings. The maximum absolute atomic E-state index is 11.7. The summed E-state index contributed by atoms with van der Waals surface area (Å²) in [6.07, 6.45) is 2.28. The second kappa shape index (κ2) is 10.6. The Balaban J connectivity index is 1.44. The monoisotopic (exact) mass is 498 g/mol. The predicted molar refractivity (Wildman–Crippen MR) is 138 cm³/mol. The molecule has 2 atom stereocenters. The Labute approximate surface area is 216 Å². The summed E-state index contributed by atoms with van der Waals surface area (Å²) < 4.78 is 12.1. The lowest BCUT2D eigenvalue weighted by Gasteiger charge is -2.25. The number of benzene rings is 3. The van der Waals surface area contributed by atoms with Crippen molar-refractivity contribution in [3.8, 4) is 28.7 Å². The van der Waals surface area contributed by atoms with Crippen molar-refractivity contribution >= 4 is 5.97 Å². The molecule has 0 amide bonds. The SMILES string of the molecule is COc1cc(OCc2cccc(-c3ccccc3)c2C#N)c2c(c1CN1C[C@H](O)C[C@H]1C(=O)O)CCC2. The molecule has 0 unspecified atom stereocenters. The van der Waals surface area contributed by atoms with Crippen molar-refractivity contribution in [2.24, 2.45) is 0 Å². The van der Waals surface area contributed by atoms with Gasteiger partial charge in [-0.25, -0.2) is 0 Å². The fraction of sp³-hybridized carbons (Fsp3) is 0.333. The van der Waals surface area contributed by atoms with Gasteiger partial charge in [0.25, 0.3) is 0 Å². The van der Waals surface area contributed by atoms with Gasteiger partial charge in [0.1, 0.15) is 30.2 Å². The molecule has 1 aliphatic carbocycles. The van der Waals surface area contributed by atoms with E-state index in [2.05, 4.69) is 6.07 Å². The highest BCUT2D eigenvalue weighted by Gasteiger charge is 2.37. The number of carboxylic acids is 1. The van der Waals surface area contributed by atoms with Crippen molar-refractivity contribution in [2.45, 2.75) is 51.0 Å². The Bertz CT molecular complexity index is 1350. The van der Waals surface area contributed by atoms with Crippen LogP contribution in [0.4, 0.5) is 0 Å². The van der Waals surface area contributed by atoms with Gasteiger partial charge in [-0.3, -0.25) is 9.69 Å². The van der Waals surface area contributed by atoms with E-state index in [1.165, 1.54) is 0 Å². The number of aliphatic hydroxyl groups is 1. The molecule has 2 aliphatic rings. The van der Waals surface area contributed by atoms with Gasteiger partial charge < -0.3 is 19.7 Å². The number of fused-ring (bicyclic) bond motifs is 1. The first-order valence-corrected chi connectivity index (χ1v) is 12.6. The number of ether oxygens (including phenoxy) is 2. The minimum absolute atomic E-state index is 0.226. The normalized spacial score (nSPS) is 18.8. The average Bonchev–Trinajstić information content (AvgIpc) is 3.55. The Kier molecular flexibility index (Phi) is 7.13. The molecule has 0 radical (unpaired) electrons. The van der Waals surface area contributed by atoms with E-state index >= 15 is 0 Å². The number of carboxylic acid groups (broad SMARTS) is 1. The summed E-state index contributed by atoms with van der Waals surface area (Å²) in [5, 5.41) is 29.7. The summed E-state index contributed by atoms with van der Waals surface area (Å²) in [5.74, 6) is 0.469. The standard InChI is InChI=1S/C30H30N2O5/c1-36-28-14-29(37-18-20-9-5-10-22(25(20)15-31)19-7-3-2-4-8-19)24-12-6-11-23(24)26(28)17-32-16-21(33)13-27(32)30(34)35/h2-5,7-10,14,21,27,33H,6,11-13,16-18H2,1H3,(H,34,35)/t21-,27+/m1/s1. The first kappa shape index (κ1) is 24.8. The summed E-state index contributed by atoms with van der Waals surface area (Å²) in [5.41, 5.74) is 6.49. The van der Waals surface area contributed by atoms with Crippen molar-refractivity contribution in [1.82, 2.24) is 4.90 Å². The van der Waals surface area contributed by atoms with Gasteiger partial charge in [0.05, 0.1) is 18.8 Å². The third-order valence-electron chi connectivity index (χ3n) is 7.42. The molecule has 190 valence electrons. The smallest absolute Gasteiger partial charge is 0.321 e. The number of aliphatic carboxylic acids is 1. The van der Waals surface area contributed by atoms with Crippen LogP contribution in [-0.2, 0) is 30.8 Å². The number of hydrogen-bond acceptors (Lipinski definition) is 6. The number of methoxy groups -OCH3 is 1. The molecule has 7 nitrogen and oxygen atoms in total. The Morgan fingerprint density at radius 3 is 2.62 bits per heavy atom. The number of nitriles is 1. The maximum Gasteiger partial charge on any atom is 0.321 e. The summed E-state index contributed by atoms with van der Waals surface area (Å²) >= 11 is 0. The van der Waals surface area contributed by atoms with Gasteiger partial charge in [0.15, 0.2) is 0 Å². The zero-order valence-electron chi connectivity index (χ0n) is 20.8. The lowest BCUT2D eigenvalue weighted by atomic mass is 9.96. The van der Waals surface area contributed by atoms with E-state index < -0.39 is 18.1 Å². The molecule has 0 spiro atoms. The summed E-state index contributed by atoms with van der Waals surface area (Å²) in [7, 11) is 1.61. The average molecular weight is 499 g/mol. The van der Waals surface area contributed by atoms with E-state index in [9.17, 15) is 20.3 Å². The summed E-state index contributed by atoms with van der Waals surface area (Å²) in [6.45, 7) is 0.970. The van der Waals surface area contributed by atoms with Gasteiger partial charge in [0.2, 0.25) is 0 Å². The lowest BCUT2D eigenvalue weighted by molar-refractivity contribution is -0.142. The molecule has 0 aromatic heterocycles. The number of nitrogens with zero attached hydrogens (tertiary/aromatic N) is 2. The van der Waals surface area contributed by atoms with Crippen LogP contribution in [0.2, 0.25) is 0 Å². The van der Waals surface area contributed by atoms with Crippen LogP contribution in [0.5, 0.6) is 11.5 Å². The van der Waals surface area contributed by atoms with Crippen LogP contribution in [0.3, 0.4) is 0 Å². The second-order valence-corrected chi connectivity index (χ2v) is 9.65. The van der Waals surface area contributed by atoms with Gasteiger partial charge in [0, 0.05) is 36.7 Å². The lowest BCUT2D eigenvalue weighted by Crippen LogP contribution is -2.35. The molecular formula is C30H30N2O5. The maximum atomic E-state index is 11.7. The molecule has 0 saturated carbocycles. The zero-order valence-corrected chi connectivity index (χ0v) is 20.8. The van der Waals surface area contributed by atoms with Gasteiger partial charge in [-0.2, -0.15) is 5.26 Å². The van der Waals surface area contributed by atoms with E-state index in [1.807, 2.05) is 59.5 Å². The summed E-state index contributed by atoms with van der Waals surface area (Å²) in [4.78, 5) is 13.6. The topological polar surface area (TPSA) is 103 Å². The molecule has 5 rings (SSSR count). The minimum atomic E-state index is -0.918. The largest absolute Gasteiger partial charge is 0.496 e. The predicted octanol–water partition coefficient (Wildman–Crippen LogP) is 4.32. The third kappa shape index (κ3) is 4.91. The molecular weight excluding hydrogens is 468 g/mol. The highest BCUT2D eigenvalue weighted by atomic mass is 16.5.